The van der Waals surface area contributed by atoms with Crippen LogP contribution in [0.3, 0.4) is 0 Å². The molecule has 5 nitrogen and oxygen atoms in total. The molecular formula is C8H17N3O2. The van der Waals surface area contributed by atoms with Crippen molar-refractivity contribution in [3.8, 4) is 0 Å². The summed E-state index contributed by atoms with van der Waals surface area (Å²) in [6.07, 6.45) is 1.03. The molecule has 0 bridgehead atoms. The Hall–Kier alpha value is -1.10. The predicted octanol–water partition coefficient (Wildman–Crippen LogP) is -0.896. The van der Waals surface area contributed by atoms with Crippen LogP contribution < -0.4 is 16.8 Å². The van der Waals surface area contributed by atoms with Gasteiger partial charge in [-0.3, -0.25) is 9.59 Å². The molecule has 2 amide bonds. The van der Waals surface area contributed by atoms with Crippen molar-refractivity contribution in [2.24, 2.45) is 11.5 Å². The van der Waals surface area contributed by atoms with Gasteiger partial charge in [0.1, 0.15) is 6.04 Å². The highest BCUT2D eigenvalue weighted by Crippen LogP contribution is 1.92. The lowest BCUT2D eigenvalue weighted by molar-refractivity contribution is -0.128. The second-order valence-corrected chi connectivity index (χ2v) is 2.89. The van der Waals surface area contributed by atoms with Gasteiger partial charge in [-0.2, -0.15) is 0 Å². The number of hydrogen-bond donors (Lipinski definition) is 3. The molecule has 13 heavy (non-hydrogen) atoms. The first-order valence-electron chi connectivity index (χ1n) is 4.38. The average molecular weight is 187 g/mol. The Morgan fingerprint density at radius 2 is 1.85 bits per heavy atom. The van der Waals surface area contributed by atoms with Gasteiger partial charge in [0.15, 0.2) is 0 Å². The van der Waals surface area contributed by atoms with Crippen LogP contribution >= 0.6 is 0 Å². The van der Waals surface area contributed by atoms with E-state index >= 15 is 0 Å². The maximum Gasteiger partial charge on any atom is 0.239 e. The van der Waals surface area contributed by atoms with E-state index in [1.807, 2.05) is 0 Å². The number of amides is 2. The SMILES string of the molecule is CC[C@H](NC(=O)[C@@H](N)CC)C(N)=O. The molecule has 5 heteroatoms. The summed E-state index contributed by atoms with van der Waals surface area (Å²) >= 11 is 0. The van der Waals surface area contributed by atoms with Crippen LogP contribution in [0.2, 0.25) is 0 Å². The van der Waals surface area contributed by atoms with Crippen LogP contribution in [-0.4, -0.2) is 23.9 Å². The molecule has 0 aliphatic rings. The number of hydrogen-bond acceptors (Lipinski definition) is 3. The lowest BCUT2D eigenvalue weighted by Gasteiger charge is -2.15. The molecule has 76 valence electrons. The Bertz CT molecular complexity index is 194. The Labute approximate surface area is 77.8 Å². The van der Waals surface area contributed by atoms with Crippen molar-refractivity contribution in [3.63, 3.8) is 0 Å². The van der Waals surface area contributed by atoms with E-state index in [2.05, 4.69) is 5.32 Å². The minimum absolute atomic E-state index is 0.326. The summed E-state index contributed by atoms with van der Waals surface area (Å²) in [6, 6.07) is -1.17. The zero-order chi connectivity index (χ0) is 10.4. The monoisotopic (exact) mass is 187 g/mol. The first kappa shape index (κ1) is 11.9. The van der Waals surface area contributed by atoms with Crippen molar-refractivity contribution in [2.45, 2.75) is 38.8 Å². The minimum atomic E-state index is -0.606. The number of primary amides is 1. The molecule has 0 aromatic carbocycles. The number of nitrogens with two attached hydrogens (primary N) is 2. The summed E-state index contributed by atoms with van der Waals surface area (Å²) in [4.78, 5) is 21.9. The van der Waals surface area contributed by atoms with Crippen molar-refractivity contribution in [1.82, 2.24) is 5.32 Å². The first-order valence-corrected chi connectivity index (χ1v) is 4.38. The number of rotatable bonds is 5. The van der Waals surface area contributed by atoms with E-state index in [-0.39, 0.29) is 5.91 Å². The van der Waals surface area contributed by atoms with Gasteiger partial charge < -0.3 is 16.8 Å². The van der Waals surface area contributed by atoms with Crippen LogP contribution in [0.5, 0.6) is 0 Å². The molecule has 0 rings (SSSR count). The second kappa shape index (κ2) is 5.53. The van der Waals surface area contributed by atoms with Crippen LogP contribution in [0.1, 0.15) is 26.7 Å². The maximum absolute atomic E-state index is 11.2. The van der Waals surface area contributed by atoms with E-state index in [0.717, 1.165) is 0 Å². The van der Waals surface area contributed by atoms with Crippen LogP contribution in [0.25, 0.3) is 0 Å². The van der Waals surface area contributed by atoms with E-state index in [9.17, 15) is 9.59 Å². The maximum atomic E-state index is 11.2. The summed E-state index contributed by atoms with van der Waals surface area (Å²) < 4.78 is 0. The Balaban J connectivity index is 4.09. The Morgan fingerprint density at radius 3 is 2.15 bits per heavy atom. The molecule has 0 heterocycles. The highest BCUT2D eigenvalue weighted by atomic mass is 16.2. The zero-order valence-electron chi connectivity index (χ0n) is 8.04. The molecular weight excluding hydrogens is 170 g/mol. The smallest absolute Gasteiger partial charge is 0.239 e. The van der Waals surface area contributed by atoms with Crippen LogP contribution in [0, 0.1) is 0 Å². The summed E-state index contributed by atoms with van der Waals surface area (Å²) in [6.45, 7) is 3.57. The number of carbonyl (C=O) groups is 2. The van der Waals surface area contributed by atoms with Gasteiger partial charge in [-0.1, -0.05) is 13.8 Å². The van der Waals surface area contributed by atoms with E-state index < -0.39 is 18.0 Å². The zero-order valence-corrected chi connectivity index (χ0v) is 8.04. The standard InChI is InChI=1S/C8H17N3O2/c1-3-5(9)8(13)11-6(4-2)7(10)12/h5-6H,3-4,9H2,1-2H3,(H2,10,12)(H,11,13)/t5-,6-/m0/s1. The summed E-state index contributed by atoms with van der Waals surface area (Å²) in [7, 11) is 0. The van der Waals surface area contributed by atoms with Crippen LogP contribution in [-0.2, 0) is 9.59 Å². The number of carbonyl (C=O) groups excluding carboxylic acids is 2. The molecule has 0 radical (unpaired) electrons. The molecule has 0 saturated heterocycles. The van der Waals surface area contributed by atoms with Gasteiger partial charge in [0.2, 0.25) is 11.8 Å². The van der Waals surface area contributed by atoms with Gasteiger partial charge in [0, 0.05) is 0 Å². The molecule has 0 fully saturated rings. The average Bonchev–Trinajstić information content (AvgIpc) is 2.11. The third-order valence-corrected chi connectivity index (χ3v) is 1.84. The molecule has 0 aromatic heterocycles. The minimum Gasteiger partial charge on any atom is -0.368 e. The van der Waals surface area contributed by atoms with E-state index in [4.69, 9.17) is 11.5 Å². The van der Waals surface area contributed by atoms with Gasteiger partial charge in [-0.25, -0.2) is 0 Å². The molecule has 0 aliphatic heterocycles. The summed E-state index contributed by atoms with van der Waals surface area (Å²) in [5, 5.41) is 2.48. The fraction of sp³-hybridized carbons (Fsp3) is 0.750. The molecule has 0 aliphatic carbocycles. The third-order valence-electron chi connectivity index (χ3n) is 1.84. The second-order valence-electron chi connectivity index (χ2n) is 2.89. The van der Waals surface area contributed by atoms with Gasteiger partial charge >= 0.3 is 0 Å². The van der Waals surface area contributed by atoms with Crippen LogP contribution in [0.4, 0.5) is 0 Å². The topological polar surface area (TPSA) is 98.2 Å². The quantitative estimate of drug-likeness (QED) is 0.520. The Morgan fingerprint density at radius 1 is 1.31 bits per heavy atom. The van der Waals surface area contributed by atoms with Gasteiger partial charge in [-0.05, 0) is 12.8 Å². The molecule has 0 spiro atoms. The van der Waals surface area contributed by atoms with Crippen molar-refractivity contribution in [3.05, 3.63) is 0 Å². The largest absolute Gasteiger partial charge is 0.368 e. The van der Waals surface area contributed by atoms with Crippen molar-refractivity contribution in [1.29, 1.82) is 0 Å². The van der Waals surface area contributed by atoms with Crippen molar-refractivity contribution >= 4 is 11.8 Å². The van der Waals surface area contributed by atoms with Crippen molar-refractivity contribution in [2.75, 3.05) is 0 Å². The fourth-order valence-corrected chi connectivity index (χ4v) is 0.839. The van der Waals surface area contributed by atoms with Crippen molar-refractivity contribution < 1.29 is 9.59 Å². The molecule has 0 saturated carbocycles. The molecule has 5 N–H and O–H groups in total. The Kier molecular flexibility index (Phi) is 5.06. The highest BCUT2D eigenvalue weighted by Gasteiger charge is 2.18. The summed E-state index contributed by atoms with van der Waals surface area (Å²) in [5.41, 5.74) is 10.5. The van der Waals surface area contributed by atoms with E-state index in [0.29, 0.717) is 12.8 Å². The molecule has 0 aromatic rings. The normalized spacial score (nSPS) is 14.7. The summed E-state index contributed by atoms with van der Waals surface area (Å²) in [5.74, 6) is -0.854. The lowest BCUT2D eigenvalue weighted by atomic mass is 10.1. The van der Waals surface area contributed by atoms with E-state index in [1.54, 1.807) is 13.8 Å². The van der Waals surface area contributed by atoms with Crippen LogP contribution in [0.15, 0.2) is 0 Å². The van der Waals surface area contributed by atoms with Gasteiger partial charge in [-0.15, -0.1) is 0 Å². The van der Waals surface area contributed by atoms with E-state index in [1.165, 1.54) is 0 Å². The first-order chi connectivity index (χ1) is 6.02. The lowest BCUT2D eigenvalue weighted by Crippen LogP contribution is -2.49. The number of nitrogens with one attached hydrogen (secondary N) is 1. The predicted molar refractivity (Wildman–Crippen MR) is 49.7 cm³/mol. The van der Waals surface area contributed by atoms with Gasteiger partial charge in [0.05, 0.1) is 6.04 Å². The molecule has 2 atom stereocenters. The highest BCUT2D eigenvalue weighted by molar-refractivity contribution is 5.88. The third kappa shape index (κ3) is 3.89. The van der Waals surface area contributed by atoms with Gasteiger partial charge in [0.25, 0.3) is 0 Å². The fourth-order valence-electron chi connectivity index (χ4n) is 0.839. The molecule has 0 unspecified atom stereocenters.